The Labute approximate surface area is 86.7 Å². The van der Waals surface area contributed by atoms with E-state index in [1.54, 1.807) is 18.4 Å². The third-order valence-electron chi connectivity index (χ3n) is 1.45. The quantitative estimate of drug-likeness (QED) is 0.742. The molecule has 0 aromatic carbocycles. The van der Waals surface area contributed by atoms with Gasteiger partial charge >= 0.3 is 0 Å². The molecule has 0 aliphatic rings. The van der Waals surface area contributed by atoms with Crippen LogP contribution in [0.25, 0.3) is 0 Å². The van der Waals surface area contributed by atoms with Crippen molar-refractivity contribution in [3.8, 4) is 0 Å². The van der Waals surface area contributed by atoms with E-state index in [4.69, 9.17) is 10.5 Å². The van der Waals surface area contributed by atoms with Crippen molar-refractivity contribution in [1.29, 1.82) is 0 Å². The van der Waals surface area contributed by atoms with Crippen molar-refractivity contribution in [2.24, 2.45) is 0 Å². The molecular formula is C8H14N2OS2. The summed E-state index contributed by atoms with van der Waals surface area (Å²) in [6, 6.07) is 0. The molecule has 1 heterocycles. The summed E-state index contributed by atoms with van der Waals surface area (Å²) in [6.07, 6.45) is 2.96. The Morgan fingerprint density at radius 3 is 3.15 bits per heavy atom. The lowest BCUT2D eigenvalue weighted by atomic mass is 10.5. The van der Waals surface area contributed by atoms with Crippen LogP contribution in [0.3, 0.4) is 0 Å². The van der Waals surface area contributed by atoms with Gasteiger partial charge in [-0.1, -0.05) is 0 Å². The third kappa shape index (κ3) is 4.50. The van der Waals surface area contributed by atoms with Crippen LogP contribution in [-0.4, -0.2) is 24.5 Å². The third-order valence-corrected chi connectivity index (χ3v) is 3.55. The molecule has 5 heteroatoms. The summed E-state index contributed by atoms with van der Waals surface area (Å²) >= 11 is 3.46. The molecule has 0 aliphatic heterocycles. The lowest BCUT2D eigenvalue weighted by Gasteiger charge is -1.98. The first-order valence-corrected chi connectivity index (χ1v) is 6.07. The lowest BCUT2D eigenvalue weighted by molar-refractivity contribution is 0.200. The minimum atomic E-state index is 0.660. The zero-order valence-corrected chi connectivity index (χ0v) is 9.29. The number of hydrogen-bond donors (Lipinski definition) is 1. The standard InChI is InChI=1S/C8H14N2OS2/c1-11-3-2-4-12-6-7-5-10-8(9)13-7/h5H,2-4,6H2,1H3,(H2,9,10). The van der Waals surface area contributed by atoms with Gasteiger partial charge in [0.05, 0.1) is 0 Å². The molecule has 0 radical (unpaired) electrons. The molecule has 1 aromatic rings. The van der Waals surface area contributed by atoms with E-state index >= 15 is 0 Å². The summed E-state index contributed by atoms with van der Waals surface area (Å²) < 4.78 is 4.96. The molecule has 0 bridgehead atoms. The van der Waals surface area contributed by atoms with E-state index in [2.05, 4.69) is 4.98 Å². The summed E-state index contributed by atoms with van der Waals surface area (Å²) in [6.45, 7) is 0.845. The minimum absolute atomic E-state index is 0.660. The lowest BCUT2D eigenvalue weighted by Crippen LogP contribution is -1.90. The fourth-order valence-electron chi connectivity index (χ4n) is 0.867. The molecule has 0 spiro atoms. The van der Waals surface area contributed by atoms with E-state index in [-0.39, 0.29) is 0 Å². The molecule has 1 aromatic heterocycles. The highest BCUT2D eigenvalue weighted by atomic mass is 32.2. The summed E-state index contributed by atoms with van der Waals surface area (Å²) in [5, 5.41) is 0.660. The predicted molar refractivity (Wildman–Crippen MR) is 59.2 cm³/mol. The summed E-state index contributed by atoms with van der Waals surface area (Å²) in [5.74, 6) is 2.14. The maximum absolute atomic E-state index is 5.51. The van der Waals surface area contributed by atoms with Gasteiger partial charge in [0, 0.05) is 30.5 Å². The zero-order valence-electron chi connectivity index (χ0n) is 7.66. The highest BCUT2D eigenvalue weighted by molar-refractivity contribution is 7.98. The van der Waals surface area contributed by atoms with E-state index in [1.807, 2.05) is 18.0 Å². The smallest absolute Gasteiger partial charge is 0.180 e. The molecule has 2 N–H and O–H groups in total. The largest absolute Gasteiger partial charge is 0.385 e. The number of thiazole rings is 1. The fraction of sp³-hybridized carbons (Fsp3) is 0.625. The van der Waals surface area contributed by atoms with Crippen molar-refractivity contribution in [3.63, 3.8) is 0 Å². The van der Waals surface area contributed by atoms with Crippen LogP contribution in [0.15, 0.2) is 6.20 Å². The minimum Gasteiger partial charge on any atom is -0.385 e. The number of rotatable bonds is 6. The van der Waals surface area contributed by atoms with Gasteiger partial charge in [0.2, 0.25) is 0 Å². The monoisotopic (exact) mass is 218 g/mol. The molecule has 0 saturated heterocycles. The highest BCUT2D eigenvalue weighted by Crippen LogP contribution is 2.20. The molecule has 0 amide bonds. The number of nitrogens with two attached hydrogens (primary N) is 1. The van der Waals surface area contributed by atoms with Crippen LogP contribution in [0, 0.1) is 0 Å². The number of anilines is 1. The Balaban J connectivity index is 2.06. The first-order chi connectivity index (χ1) is 6.33. The van der Waals surface area contributed by atoms with E-state index in [9.17, 15) is 0 Å². The molecular weight excluding hydrogens is 204 g/mol. The SMILES string of the molecule is COCCCSCc1cnc(N)s1. The van der Waals surface area contributed by atoms with Crippen LogP contribution < -0.4 is 5.73 Å². The highest BCUT2D eigenvalue weighted by Gasteiger charge is 1.98. The first kappa shape index (κ1) is 10.8. The van der Waals surface area contributed by atoms with Gasteiger partial charge in [-0.05, 0) is 12.2 Å². The van der Waals surface area contributed by atoms with Crippen LogP contribution in [0.2, 0.25) is 0 Å². The molecule has 0 fully saturated rings. The van der Waals surface area contributed by atoms with Gasteiger partial charge in [0.15, 0.2) is 5.13 Å². The summed E-state index contributed by atoms with van der Waals surface area (Å²) in [5.41, 5.74) is 5.51. The molecule has 3 nitrogen and oxygen atoms in total. The molecule has 0 saturated carbocycles. The van der Waals surface area contributed by atoms with E-state index in [0.29, 0.717) is 5.13 Å². The van der Waals surface area contributed by atoms with Crippen LogP contribution in [-0.2, 0) is 10.5 Å². The van der Waals surface area contributed by atoms with Crippen molar-refractivity contribution < 1.29 is 4.74 Å². The Kier molecular flexibility index (Phi) is 5.19. The second-order valence-corrected chi connectivity index (χ2v) is 4.82. The number of thioether (sulfide) groups is 1. The van der Waals surface area contributed by atoms with Gasteiger partial charge in [-0.15, -0.1) is 11.3 Å². The van der Waals surface area contributed by atoms with Crippen LogP contribution in [0.1, 0.15) is 11.3 Å². The molecule has 0 unspecified atom stereocenters. The number of nitrogen functional groups attached to an aromatic ring is 1. The molecule has 0 aliphatic carbocycles. The van der Waals surface area contributed by atoms with Gasteiger partial charge < -0.3 is 10.5 Å². The Morgan fingerprint density at radius 2 is 2.54 bits per heavy atom. The Hall–Kier alpha value is -0.260. The zero-order chi connectivity index (χ0) is 9.52. The normalized spacial score (nSPS) is 10.5. The number of hydrogen-bond acceptors (Lipinski definition) is 5. The molecule has 1 rings (SSSR count). The van der Waals surface area contributed by atoms with Gasteiger partial charge in [-0.25, -0.2) is 4.98 Å². The van der Waals surface area contributed by atoms with Crippen LogP contribution in [0.4, 0.5) is 5.13 Å². The number of aromatic nitrogens is 1. The van der Waals surface area contributed by atoms with Crippen LogP contribution >= 0.6 is 23.1 Å². The van der Waals surface area contributed by atoms with Gasteiger partial charge in [-0.3, -0.25) is 0 Å². The van der Waals surface area contributed by atoms with E-state index in [0.717, 1.165) is 24.5 Å². The van der Waals surface area contributed by atoms with Crippen molar-refractivity contribution >= 4 is 28.2 Å². The van der Waals surface area contributed by atoms with Crippen molar-refractivity contribution in [3.05, 3.63) is 11.1 Å². The first-order valence-electron chi connectivity index (χ1n) is 4.10. The van der Waals surface area contributed by atoms with Crippen molar-refractivity contribution in [2.45, 2.75) is 12.2 Å². The maximum Gasteiger partial charge on any atom is 0.180 e. The molecule has 74 valence electrons. The topological polar surface area (TPSA) is 48.1 Å². The molecule has 13 heavy (non-hydrogen) atoms. The second kappa shape index (κ2) is 6.23. The van der Waals surface area contributed by atoms with Gasteiger partial charge in [-0.2, -0.15) is 11.8 Å². The number of nitrogens with zero attached hydrogens (tertiary/aromatic N) is 1. The second-order valence-electron chi connectivity index (χ2n) is 2.56. The van der Waals surface area contributed by atoms with E-state index in [1.165, 1.54) is 4.88 Å². The Bertz CT molecular complexity index is 240. The average Bonchev–Trinajstić information content (AvgIpc) is 2.51. The maximum atomic E-state index is 5.51. The van der Waals surface area contributed by atoms with Gasteiger partial charge in [0.1, 0.15) is 0 Å². The molecule has 0 atom stereocenters. The number of methoxy groups -OCH3 is 1. The summed E-state index contributed by atoms with van der Waals surface area (Å²) in [7, 11) is 1.73. The number of ether oxygens (including phenoxy) is 1. The summed E-state index contributed by atoms with van der Waals surface area (Å²) in [4.78, 5) is 5.24. The average molecular weight is 218 g/mol. The van der Waals surface area contributed by atoms with Crippen LogP contribution in [0.5, 0.6) is 0 Å². The van der Waals surface area contributed by atoms with E-state index < -0.39 is 0 Å². The van der Waals surface area contributed by atoms with Crippen molar-refractivity contribution in [2.75, 3.05) is 25.2 Å². The van der Waals surface area contributed by atoms with Crippen molar-refractivity contribution in [1.82, 2.24) is 4.98 Å². The van der Waals surface area contributed by atoms with Gasteiger partial charge in [0.25, 0.3) is 0 Å². The fourth-order valence-corrected chi connectivity index (χ4v) is 2.57. The Morgan fingerprint density at radius 1 is 1.69 bits per heavy atom. The predicted octanol–water partition coefficient (Wildman–Crippen LogP) is 2.00.